The molecule has 0 aliphatic rings. The maximum absolute atomic E-state index is 12.0. The second-order valence-electron chi connectivity index (χ2n) is 5.35. The van der Waals surface area contributed by atoms with Crippen molar-refractivity contribution in [3.8, 4) is 5.75 Å². The largest absolute Gasteiger partial charge is 0.497 e. The number of aryl methyl sites for hydroxylation is 1. The highest BCUT2D eigenvalue weighted by molar-refractivity contribution is 7.99. The molecule has 0 unspecified atom stereocenters. The number of amides is 1. The minimum atomic E-state index is -0.267. The number of nitrogens with zero attached hydrogens (tertiary/aromatic N) is 2. The number of rotatable bonds is 6. The number of anilines is 1. The first-order valence-corrected chi connectivity index (χ1v) is 8.72. The summed E-state index contributed by atoms with van der Waals surface area (Å²) in [6, 6.07) is 10.2. The smallest absolute Gasteiger partial charge is 0.287 e. The summed E-state index contributed by atoms with van der Waals surface area (Å²) in [5.74, 6) is 1.96. The van der Waals surface area contributed by atoms with Crippen molar-refractivity contribution in [1.29, 1.82) is 0 Å². The fourth-order valence-electron chi connectivity index (χ4n) is 2.27. The first-order chi connectivity index (χ1) is 12.0. The minimum Gasteiger partial charge on any atom is -0.497 e. The van der Waals surface area contributed by atoms with Gasteiger partial charge in [0, 0.05) is 23.6 Å². The van der Waals surface area contributed by atoms with Gasteiger partial charge in [0.15, 0.2) is 5.65 Å². The zero-order valence-electron chi connectivity index (χ0n) is 13.8. The molecular formula is C17H17N3O4S. The Balaban J connectivity index is 1.55. The molecule has 3 aromatic rings. The molecule has 0 bridgehead atoms. The molecule has 2 aromatic heterocycles. The molecule has 1 amide bonds. The van der Waals surface area contributed by atoms with Gasteiger partial charge in [0.2, 0.25) is 5.91 Å². The summed E-state index contributed by atoms with van der Waals surface area (Å²) < 4.78 is 11.5. The van der Waals surface area contributed by atoms with E-state index in [1.54, 1.807) is 44.4 Å². The summed E-state index contributed by atoms with van der Waals surface area (Å²) in [6.45, 7) is 1.76. The number of ether oxygens (including phenoxy) is 1. The zero-order valence-corrected chi connectivity index (χ0v) is 14.6. The molecule has 0 atom stereocenters. The van der Waals surface area contributed by atoms with Crippen LogP contribution < -0.4 is 15.6 Å². The molecule has 7 nitrogen and oxygen atoms in total. The van der Waals surface area contributed by atoms with Crippen LogP contribution >= 0.6 is 11.8 Å². The van der Waals surface area contributed by atoms with Crippen LogP contribution in [0.2, 0.25) is 0 Å². The molecule has 1 aromatic carbocycles. The molecule has 130 valence electrons. The number of carbonyl (C=O) groups is 1. The Morgan fingerprint density at radius 1 is 1.32 bits per heavy atom. The van der Waals surface area contributed by atoms with Crippen molar-refractivity contribution in [1.82, 2.24) is 9.56 Å². The average molecular weight is 359 g/mol. The molecule has 0 spiro atoms. The van der Waals surface area contributed by atoms with Gasteiger partial charge in [-0.1, -0.05) is 0 Å². The highest BCUT2D eigenvalue weighted by atomic mass is 32.2. The quantitative estimate of drug-likeness (QED) is 0.728. The van der Waals surface area contributed by atoms with Gasteiger partial charge in [-0.15, -0.1) is 16.3 Å². The number of nitrogens with one attached hydrogen (secondary N) is 1. The van der Waals surface area contributed by atoms with Gasteiger partial charge in [0.1, 0.15) is 11.5 Å². The molecule has 0 fully saturated rings. The van der Waals surface area contributed by atoms with Crippen LogP contribution in [0.3, 0.4) is 0 Å². The molecule has 0 radical (unpaired) electrons. The Morgan fingerprint density at radius 2 is 2.08 bits per heavy atom. The average Bonchev–Trinajstić information content (AvgIpc) is 2.96. The second-order valence-corrected chi connectivity index (χ2v) is 6.34. The lowest BCUT2D eigenvalue weighted by Crippen LogP contribution is -2.15. The number of hydrogen-bond donors (Lipinski definition) is 1. The molecule has 8 heteroatoms. The third kappa shape index (κ3) is 4.21. The van der Waals surface area contributed by atoms with Gasteiger partial charge in [0.05, 0.1) is 18.6 Å². The molecule has 0 aliphatic carbocycles. The van der Waals surface area contributed by atoms with Gasteiger partial charge in [-0.25, -0.2) is 4.98 Å². The highest BCUT2D eigenvalue weighted by Crippen LogP contribution is 2.16. The zero-order chi connectivity index (χ0) is 17.8. The van der Waals surface area contributed by atoms with Crippen molar-refractivity contribution < 1.29 is 14.1 Å². The van der Waals surface area contributed by atoms with Crippen LogP contribution in [0.15, 0.2) is 45.7 Å². The maximum Gasteiger partial charge on any atom is 0.287 e. The van der Waals surface area contributed by atoms with Crippen molar-refractivity contribution in [3.05, 3.63) is 58.2 Å². The van der Waals surface area contributed by atoms with E-state index in [2.05, 4.69) is 10.3 Å². The number of aromatic nitrogens is 2. The summed E-state index contributed by atoms with van der Waals surface area (Å²) in [4.78, 5) is 28.3. The normalized spacial score (nSPS) is 10.8. The number of thioether (sulfide) groups is 1. The standard InChI is InChI=1S/C17H17N3O4S/c1-11-7-15-18-13(8-17(22)20(15)24-11)9-25-10-16(21)19-12-3-5-14(23-2)6-4-12/h3-8H,9-10H2,1-2H3,(H,19,21). The maximum atomic E-state index is 12.0. The number of carbonyl (C=O) groups excluding carboxylic acids is 1. The molecule has 0 saturated carbocycles. The molecular weight excluding hydrogens is 342 g/mol. The van der Waals surface area contributed by atoms with Crippen LogP contribution in [-0.4, -0.2) is 28.3 Å². The van der Waals surface area contributed by atoms with Gasteiger partial charge < -0.3 is 14.6 Å². The van der Waals surface area contributed by atoms with E-state index in [0.29, 0.717) is 28.5 Å². The van der Waals surface area contributed by atoms with Gasteiger partial charge in [-0.3, -0.25) is 9.59 Å². The van der Waals surface area contributed by atoms with E-state index >= 15 is 0 Å². The molecule has 0 aliphatic heterocycles. The van der Waals surface area contributed by atoms with E-state index in [4.69, 9.17) is 9.26 Å². The van der Waals surface area contributed by atoms with E-state index in [1.165, 1.54) is 17.8 Å². The summed E-state index contributed by atoms with van der Waals surface area (Å²) >= 11 is 1.39. The van der Waals surface area contributed by atoms with Crippen LogP contribution in [0.1, 0.15) is 11.5 Å². The van der Waals surface area contributed by atoms with Crippen molar-refractivity contribution in [3.63, 3.8) is 0 Å². The van der Waals surface area contributed by atoms with Gasteiger partial charge in [-0.05, 0) is 31.2 Å². The SMILES string of the molecule is COc1ccc(NC(=O)CSCc2cc(=O)n3oc(C)cc3n2)cc1. The van der Waals surface area contributed by atoms with E-state index in [9.17, 15) is 9.59 Å². The predicted octanol–water partition coefficient (Wildman–Crippen LogP) is 2.48. The van der Waals surface area contributed by atoms with E-state index in [-0.39, 0.29) is 17.2 Å². The fourth-order valence-corrected chi connectivity index (χ4v) is 2.98. The van der Waals surface area contributed by atoms with Gasteiger partial charge >= 0.3 is 0 Å². The van der Waals surface area contributed by atoms with Crippen LogP contribution in [0.25, 0.3) is 5.65 Å². The van der Waals surface area contributed by atoms with Crippen LogP contribution in [0, 0.1) is 6.92 Å². The lowest BCUT2D eigenvalue weighted by atomic mass is 10.3. The van der Waals surface area contributed by atoms with Gasteiger partial charge in [0.25, 0.3) is 5.56 Å². The molecule has 0 saturated heterocycles. The van der Waals surface area contributed by atoms with Crippen molar-refractivity contribution in [2.75, 3.05) is 18.2 Å². The minimum absolute atomic E-state index is 0.118. The Kier molecular flexibility index (Phi) is 5.08. The van der Waals surface area contributed by atoms with Crippen molar-refractivity contribution in [2.24, 2.45) is 0 Å². The van der Waals surface area contributed by atoms with Crippen molar-refractivity contribution >= 4 is 29.0 Å². The number of methoxy groups -OCH3 is 1. The van der Waals surface area contributed by atoms with Crippen LogP contribution in [0.4, 0.5) is 5.69 Å². The van der Waals surface area contributed by atoms with Crippen molar-refractivity contribution in [2.45, 2.75) is 12.7 Å². The summed E-state index contributed by atoms with van der Waals surface area (Å²) in [5.41, 5.74) is 1.53. The topological polar surface area (TPSA) is 85.8 Å². The Morgan fingerprint density at radius 3 is 2.80 bits per heavy atom. The number of benzene rings is 1. The first kappa shape index (κ1) is 17.1. The molecule has 2 heterocycles. The monoisotopic (exact) mass is 359 g/mol. The summed E-state index contributed by atoms with van der Waals surface area (Å²) in [6.07, 6.45) is 0. The Hall–Kier alpha value is -2.74. The van der Waals surface area contributed by atoms with Gasteiger partial charge in [-0.2, -0.15) is 0 Å². The first-order valence-electron chi connectivity index (χ1n) is 7.56. The molecule has 3 rings (SSSR count). The summed E-state index contributed by atoms with van der Waals surface area (Å²) in [5, 5.41) is 2.81. The van der Waals surface area contributed by atoms with Crippen LogP contribution in [-0.2, 0) is 10.5 Å². The Labute approximate surface area is 148 Å². The predicted molar refractivity (Wildman–Crippen MR) is 96.3 cm³/mol. The second kappa shape index (κ2) is 7.43. The third-order valence-electron chi connectivity index (χ3n) is 3.38. The fraction of sp³-hybridized carbons (Fsp3) is 0.235. The Bertz CT molecular complexity index is 947. The summed E-state index contributed by atoms with van der Waals surface area (Å²) in [7, 11) is 1.59. The third-order valence-corrected chi connectivity index (χ3v) is 4.35. The van der Waals surface area contributed by atoms with E-state index < -0.39 is 0 Å². The van der Waals surface area contributed by atoms with Crippen LogP contribution in [0.5, 0.6) is 5.75 Å². The lowest BCUT2D eigenvalue weighted by molar-refractivity contribution is -0.113. The molecule has 25 heavy (non-hydrogen) atoms. The van der Waals surface area contributed by atoms with E-state index in [1.807, 2.05) is 0 Å². The molecule has 1 N–H and O–H groups in total. The highest BCUT2D eigenvalue weighted by Gasteiger charge is 2.08. The number of fused-ring (bicyclic) bond motifs is 1. The lowest BCUT2D eigenvalue weighted by Gasteiger charge is -2.06. The van der Waals surface area contributed by atoms with E-state index in [0.717, 1.165) is 10.3 Å². The number of hydrogen-bond acceptors (Lipinski definition) is 6.